The van der Waals surface area contributed by atoms with Crippen LogP contribution >= 0.6 is 23.2 Å². The number of halogens is 2. The molecule has 0 bridgehead atoms. The normalized spacial score (nSPS) is 12.3. The summed E-state index contributed by atoms with van der Waals surface area (Å²) in [5.41, 5.74) is 1.79. The van der Waals surface area contributed by atoms with Gasteiger partial charge in [0.25, 0.3) is 0 Å². The minimum absolute atomic E-state index is 0.109. The summed E-state index contributed by atoms with van der Waals surface area (Å²) in [6.07, 6.45) is 4.06. The van der Waals surface area contributed by atoms with E-state index < -0.39 is 5.97 Å². The molecule has 1 heterocycles. The molecule has 25 heavy (non-hydrogen) atoms. The first-order valence-corrected chi connectivity index (χ1v) is 8.48. The van der Waals surface area contributed by atoms with Gasteiger partial charge in [0, 0.05) is 36.4 Å². The van der Waals surface area contributed by atoms with Gasteiger partial charge < -0.3 is 15.7 Å². The third-order valence-corrected chi connectivity index (χ3v) is 3.90. The van der Waals surface area contributed by atoms with Gasteiger partial charge in [0.05, 0.1) is 5.02 Å². The second-order valence-corrected chi connectivity index (χ2v) is 6.42. The van der Waals surface area contributed by atoms with Crippen LogP contribution in [-0.4, -0.2) is 28.6 Å². The number of hydrogen-bond acceptors (Lipinski definition) is 4. The fourth-order valence-corrected chi connectivity index (χ4v) is 2.49. The zero-order valence-corrected chi connectivity index (χ0v) is 15.2. The largest absolute Gasteiger partial charge is 0.478 e. The van der Waals surface area contributed by atoms with E-state index in [1.165, 1.54) is 6.08 Å². The zero-order chi connectivity index (χ0) is 18.2. The van der Waals surface area contributed by atoms with E-state index in [2.05, 4.69) is 15.6 Å². The highest BCUT2D eigenvalue weighted by Gasteiger charge is 2.07. The lowest BCUT2D eigenvalue weighted by atomic mass is 10.2. The first-order valence-electron chi connectivity index (χ1n) is 7.72. The highest BCUT2D eigenvalue weighted by Crippen LogP contribution is 2.21. The molecule has 0 aliphatic carbocycles. The minimum Gasteiger partial charge on any atom is -0.478 e. The quantitative estimate of drug-likeness (QED) is 0.602. The van der Waals surface area contributed by atoms with E-state index in [0.717, 1.165) is 29.8 Å². The number of pyridine rings is 1. The van der Waals surface area contributed by atoms with Gasteiger partial charge in [0.1, 0.15) is 5.82 Å². The third-order valence-electron chi connectivity index (χ3n) is 3.36. The van der Waals surface area contributed by atoms with Crippen molar-refractivity contribution in [2.45, 2.75) is 19.5 Å². The summed E-state index contributed by atoms with van der Waals surface area (Å²) in [6.45, 7) is 3.48. The maximum Gasteiger partial charge on any atom is 0.328 e. The molecule has 0 saturated heterocycles. The number of nitrogens with one attached hydrogen (secondary N) is 2. The lowest BCUT2D eigenvalue weighted by Gasteiger charge is -2.16. The van der Waals surface area contributed by atoms with Crippen molar-refractivity contribution in [3.05, 3.63) is 63.8 Å². The first kappa shape index (κ1) is 19.2. The molecule has 1 aromatic carbocycles. The van der Waals surface area contributed by atoms with E-state index in [4.69, 9.17) is 28.3 Å². The Bertz CT molecular complexity index is 748. The fraction of sp³-hybridized carbons (Fsp3) is 0.222. The Morgan fingerprint density at radius 3 is 2.68 bits per heavy atom. The van der Waals surface area contributed by atoms with Crippen LogP contribution < -0.4 is 10.6 Å². The van der Waals surface area contributed by atoms with Gasteiger partial charge in [-0.2, -0.15) is 0 Å². The monoisotopic (exact) mass is 379 g/mol. The maximum absolute atomic E-state index is 10.5. The molecule has 1 aromatic heterocycles. The van der Waals surface area contributed by atoms with Crippen molar-refractivity contribution >= 4 is 41.1 Å². The van der Waals surface area contributed by atoms with Crippen LogP contribution in [-0.2, 0) is 11.3 Å². The van der Waals surface area contributed by atoms with Gasteiger partial charge >= 0.3 is 5.97 Å². The number of aliphatic carboxylic acids is 1. The van der Waals surface area contributed by atoms with Crippen LogP contribution in [0.3, 0.4) is 0 Å². The summed E-state index contributed by atoms with van der Waals surface area (Å²) >= 11 is 12.1. The zero-order valence-electron chi connectivity index (χ0n) is 13.7. The van der Waals surface area contributed by atoms with Crippen molar-refractivity contribution in [1.29, 1.82) is 0 Å². The van der Waals surface area contributed by atoms with Crippen LogP contribution in [0.5, 0.6) is 0 Å². The molecule has 0 fully saturated rings. The Balaban J connectivity index is 1.84. The van der Waals surface area contributed by atoms with E-state index in [1.807, 2.05) is 31.2 Å². The molecule has 0 aliphatic rings. The highest BCUT2D eigenvalue weighted by atomic mass is 35.5. The molecule has 1 atom stereocenters. The molecular weight excluding hydrogens is 361 g/mol. The molecule has 3 N–H and O–H groups in total. The van der Waals surface area contributed by atoms with E-state index in [1.54, 1.807) is 12.3 Å². The lowest BCUT2D eigenvalue weighted by molar-refractivity contribution is -0.131. The molecule has 2 aromatic rings. The van der Waals surface area contributed by atoms with Crippen molar-refractivity contribution in [2.75, 3.05) is 11.9 Å². The van der Waals surface area contributed by atoms with Gasteiger partial charge in [-0.15, -0.1) is 0 Å². The summed E-state index contributed by atoms with van der Waals surface area (Å²) < 4.78 is 0. The molecule has 0 saturated carbocycles. The van der Waals surface area contributed by atoms with Crippen molar-refractivity contribution in [2.24, 2.45) is 0 Å². The lowest BCUT2D eigenvalue weighted by Crippen LogP contribution is -2.30. The fourth-order valence-electron chi connectivity index (χ4n) is 2.14. The van der Waals surface area contributed by atoms with Crippen LogP contribution in [0.1, 0.15) is 18.1 Å². The Hall–Kier alpha value is -2.08. The molecule has 2 rings (SSSR count). The molecule has 7 heteroatoms. The number of carbonyl (C=O) groups is 1. The van der Waals surface area contributed by atoms with Gasteiger partial charge in [-0.3, -0.25) is 0 Å². The predicted octanol–water partition coefficient (Wildman–Crippen LogP) is 4.08. The van der Waals surface area contributed by atoms with E-state index >= 15 is 0 Å². The van der Waals surface area contributed by atoms with Crippen LogP contribution in [0.25, 0.3) is 6.08 Å². The predicted molar refractivity (Wildman–Crippen MR) is 102 cm³/mol. The standard InChI is InChI=1S/C18H19Cl2N3O2/c1-12(9-21-10-13-2-5-15(19)6-3-13)23-18-16(20)8-14(11-22-18)4-7-17(24)25/h2-8,11-12,21H,9-10H2,1H3,(H,22,23)(H,24,25)/b7-4+/t12-/m1/s1. The van der Waals surface area contributed by atoms with Crippen molar-refractivity contribution in [3.8, 4) is 0 Å². The molecule has 0 amide bonds. The summed E-state index contributed by atoms with van der Waals surface area (Å²) in [5.74, 6) is -0.450. The number of anilines is 1. The summed E-state index contributed by atoms with van der Waals surface area (Å²) in [7, 11) is 0. The van der Waals surface area contributed by atoms with E-state index in [-0.39, 0.29) is 6.04 Å². The van der Waals surface area contributed by atoms with Gasteiger partial charge in [-0.05, 0) is 42.3 Å². The number of hydrogen-bond donors (Lipinski definition) is 3. The smallest absolute Gasteiger partial charge is 0.328 e. The SMILES string of the molecule is C[C@H](CNCc1ccc(Cl)cc1)Nc1ncc(/C=C/C(=O)O)cc1Cl. The molecule has 0 aliphatic heterocycles. The van der Waals surface area contributed by atoms with Gasteiger partial charge in [0.2, 0.25) is 0 Å². The van der Waals surface area contributed by atoms with Gasteiger partial charge in [-0.1, -0.05) is 35.3 Å². The Kier molecular flexibility index (Phi) is 7.25. The molecule has 0 radical (unpaired) electrons. The van der Waals surface area contributed by atoms with Crippen LogP contribution in [0.4, 0.5) is 5.82 Å². The topological polar surface area (TPSA) is 74.2 Å². The molecule has 132 valence electrons. The second-order valence-electron chi connectivity index (χ2n) is 5.57. The summed E-state index contributed by atoms with van der Waals surface area (Å²) in [6, 6.07) is 9.47. The van der Waals surface area contributed by atoms with Crippen molar-refractivity contribution < 1.29 is 9.90 Å². The molecular formula is C18H19Cl2N3O2. The minimum atomic E-state index is -1.02. The van der Waals surface area contributed by atoms with E-state index in [0.29, 0.717) is 16.4 Å². The third kappa shape index (κ3) is 6.74. The summed E-state index contributed by atoms with van der Waals surface area (Å²) in [4.78, 5) is 14.8. The molecule has 0 unspecified atom stereocenters. The molecule has 5 nitrogen and oxygen atoms in total. The average Bonchev–Trinajstić information content (AvgIpc) is 2.57. The van der Waals surface area contributed by atoms with Crippen LogP contribution in [0, 0.1) is 0 Å². The number of carboxylic acids is 1. The Morgan fingerprint density at radius 1 is 1.32 bits per heavy atom. The van der Waals surface area contributed by atoms with Crippen LogP contribution in [0.15, 0.2) is 42.6 Å². The summed E-state index contributed by atoms with van der Waals surface area (Å²) in [5, 5.41) is 16.4. The van der Waals surface area contributed by atoms with Crippen LogP contribution in [0.2, 0.25) is 10.0 Å². The number of rotatable bonds is 8. The maximum atomic E-state index is 10.5. The van der Waals surface area contributed by atoms with Gasteiger partial charge in [-0.25, -0.2) is 9.78 Å². The highest BCUT2D eigenvalue weighted by molar-refractivity contribution is 6.33. The number of nitrogens with zero attached hydrogens (tertiary/aromatic N) is 1. The Morgan fingerprint density at radius 2 is 2.04 bits per heavy atom. The average molecular weight is 380 g/mol. The van der Waals surface area contributed by atoms with Crippen molar-refractivity contribution in [1.82, 2.24) is 10.3 Å². The first-order chi connectivity index (χ1) is 11.9. The molecule has 0 spiro atoms. The number of carboxylic acid groups (broad SMARTS) is 1. The number of benzene rings is 1. The van der Waals surface area contributed by atoms with Gasteiger partial charge in [0.15, 0.2) is 0 Å². The second kappa shape index (κ2) is 9.42. The Labute approximate surface area is 156 Å². The van der Waals surface area contributed by atoms with E-state index in [9.17, 15) is 4.79 Å². The number of aromatic nitrogens is 1. The van der Waals surface area contributed by atoms with Crippen molar-refractivity contribution in [3.63, 3.8) is 0 Å².